The van der Waals surface area contributed by atoms with Crippen LogP contribution >= 0.6 is 0 Å². The van der Waals surface area contributed by atoms with Crippen molar-refractivity contribution in [2.24, 2.45) is 10.9 Å². The summed E-state index contributed by atoms with van der Waals surface area (Å²) in [6.45, 7) is 1.82. The van der Waals surface area contributed by atoms with Gasteiger partial charge in [0.1, 0.15) is 5.75 Å². The minimum atomic E-state index is 0.0791. The lowest BCUT2D eigenvalue weighted by Gasteiger charge is -2.32. The molecule has 0 radical (unpaired) electrons. The zero-order valence-corrected chi connectivity index (χ0v) is 12.0. The van der Waals surface area contributed by atoms with Crippen molar-refractivity contribution >= 4 is 5.84 Å². The van der Waals surface area contributed by atoms with Gasteiger partial charge in [-0.05, 0) is 45.0 Å². The van der Waals surface area contributed by atoms with Crippen LogP contribution in [0.2, 0.25) is 0 Å². The quantitative estimate of drug-likeness (QED) is 0.374. The van der Waals surface area contributed by atoms with E-state index < -0.39 is 0 Å². The van der Waals surface area contributed by atoms with E-state index in [9.17, 15) is 0 Å². The Morgan fingerprint density at radius 2 is 2.25 bits per heavy atom. The maximum absolute atomic E-state index is 8.78. The molecule has 1 aliphatic rings. The molecule has 1 aromatic carbocycles. The fourth-order valence-corrected chi connectivity index (χ4v) is 2.67. The molecule has 3 N–H and O–H groups in total. The maximum atomic E-state index is 8.78. The maximum Gasteiger partial charge on any atom is 0.173 e. The largest absolute Gasteiger partial charge is 0.493 e. The highest BCUT2D eigenvalue weighted by atomic mass is 16.5. The summed E-state index contributed by atoms with van der Waals surface area (Å²) in [6.07, 6.45) is 4.83. The SMILES string of the molecule is CN1CCCCC1CCOc1ccccc1/C(N)=N/O. The van der Waals surface area contributed by atoms with Gasteiger partial charge in [0.25, 0.3) is 0 Å². The standard InChI is InChI=1S/C15H23N3O2/c1-18-10-5-4-6-12(18)9-11-20-14-8-3-2-7-13(14)15(16)17-19/h2-3,7-8,12,19H,4-6,9-11H2,1H3,(H2,16,17). The fraction of sp³-hybridized carbons (Fsp3) is 0.533. The highest BCUT2D eigenvalue weighted by Gasteiger charge is 2.18. The van der Waals surface area contributed by atoms with Gasteiger partial charge in [-0.1, -0.05) is 23.7 Å². The van der Waals surface area contributed by atoms with Gasteiger partial charge in [0.2, 0.25) is 0 Å². The minimum absolute atomic E-state index is 0.0791. The van der Waals surface area contributed by atoms with E-state index in [-0.39, 0.29) is 5.84 Å². The van der Waals surface area contributed by atoms with E-state index >= 15 is 0 Å². The number of benzene rings is 1. The molecule has 20 heavy (non-hydrogen) atoms. The molecule has 1 saturated heterocycles. The third-order valence-electron chi connectivity index (χ3n) is 3.90. The number of ether oxygens (including phenoxy) is 1. The van der Waals surface area contributed by atoms with Crippen LogP contribution in [0.1, 0.15) is 31.2 Å². The predicted molar refractivity (Wildman–Crippen MR) is 79.3 cm³/mol. The van der Waals surface area contributed by atoms with E-state index in [0.29, 0.717) is 24.0 Å². The Balaban J connectivity index is 1.91. The molecular weight excluding hydrogens is 254 g/mol. The van der Waals surface area contributed by atoms with E-state index in [0.717, 1.165) is 6.42 Å². The molecule has 0 aromatic heterocycles. The van der Waals surface area contributed by atoms with Gasteiger partial charge in [-0.3, -0.25) is 0 Å². The summed E-state index contributed by atoms with van der Waals surface area (Å²) in [6, 6.07) is 7.96. The Hall–Kier alpha value is -1.75. The van der Waals surface area contributed by atoms with E-state index in [4.69, 9.17) is 15.7 Å². The lowest BCUT2D eigenvalue weighted by Crippen LogP contribution is -2.37. The molecule has 0 saturated carbocycles. The van der Waals surface area contributed by atoms with Crippen LogP contribution in [0.5, 0.6) is 5.75 Å². The van der Waals surface area contributed by atoms with Crippen molar-refractivity contribution in [3.63, 3.8) is 0 Å². The normalized spacial score (nSPS) is 20.9. The van der Waals surface area contributed by atoms with Gasteiger partial charge in [-0.2, -0.15) is 0 Å². The molecule has 0 amide bonds. The van der Waals surface area contributed by atoms with Gasteiger partial charge in [-0.15, -0.1) is 0 Å². The minimum Gasteiger partial charge on any atom is -0.493 e. The van der Waals surface area contributed by atoms with Crippen molar-refractivity contribution in [1.82, 2.24) is 4.90 Å². The number of para-hydroxylation sites is 1. The molecule has 5 heteroatoms. The number of nitrogens with zero attached hydrogens (tertiary/aromatic N) is 2. The number of likely N-dealkylation sites (tertiary alicyclic amines) is 1. The zero-order valence-electron chi connectivity index (χ0n) is 12.0. The van der Waals surface area contributed by atoms with Crippen LogP contribution in [0.4, 0.5) is 0 Å². The average molecular weight is 277 g/mol. The van der Waals surface area contributed by atoms with Crippen molar-refractivity contribution in [3.05, 3.63) is 29.8 Å². The van der Waals surface area contributed by atoms with Gasteiger partial charge >= 0.3 is 0 Å². The Morgan fingerprint density at radius 3 is 3.00 bits per heavy atom. The highest BCUT2D eigenvalue weighted by molar-refractivity contribution is 5.99. The third kappa shape index (κ3) is 3.63. The highest BCUT2D eigenvalue weighted by Crippen LogP contribution is 2.20. The summed E-state index contributed by atoms with van der Waals surface area (Å²) in [5, 5.41) is 11.8. The van der Waals surface area contributed by atoms with Gasteiger partial charge in [0.15, 0.2) is 5.84 Å². The first-order valence-corrected chi connectivity index (χ1v) is 7.12. The topological polar surface area (TPSA) is 71.1 Å². The lowest BCUT2D eigenvalue weighted by atomic mass is 10.0. The van der Waals surface area contributed by atoms with Crippen LogP contribution in [-0.4, -0.2) is 42.2 Å². The molecule has 1 atom stereocenters. The number of amidine groups is 1. The number of hydrogen-bond donors (Lipinski definition) is 2. The van der Waals surface area contributed by atoms with Gasteiger partial charge in [-0.25, -0.2) is 0 Å². The van der Waals surface area contributed by atoms with Gasteiger partial charge in [0.05, 0.1) is 12.2 Å². The van der Waals surface area contributed by atoms with Crippen molar-refractivity contribution in [1.29, 1.82) is 0 Å². The molecule has 1 unspecified atom stereocenters. The van der Waals surface area contributed by atoms with Crippen molar-refractivity contribution in [2.75, 3.05) is 20.2 Å². The molecule has 1 heterocycles. The number of piperidine rings is 1. The van der Waals surface area contributed by atoms with Crippen molar-refractivity contribution in [2.45, 2.75) is 31.7 Å². The number of rotatable bonds is 5. The summed E-state index contributed by atoms with van der Waals surface area (Å²) in [7, 11) is 2.17. The summed E-state index contributed by atoms with van der Waals surface area (Å²) in [4.78, 5) is 2.41. The Labute approximate surface area is 120 Å². The Kier molecular flexibility index (Phi) is 5.24. The van der Waals surface area contributed by atoms with Crippen molar-refractivity contribution < 1.29 is 9.94 Å². The Bertz CT molecular complexity index is 462. The number of nitrogens with two attached hydrogens (primary N) is 1. The number of oxime groups is 1. The lowest BCUT2D eigenvalue weighted by molar-refractivity contribution is 0.153. The average Bonchev–Trinajstić information content (AvgIpc) is 2.49. The molecule has 1 aromatic rings. The first-order chi connectivity index (χ1) is 9.72. The molecule has 5 nitrogen and oxygen atoms in total. The fourth-order valence-electron chi connectivity index (χ4n) is 2.67. The molecule has 0 aliphatic carbocycles. The van der Waals surface area contributed by atoms with E-state index in [1.807, 2.05) is 18.2 Å². The molecule has 1 fully saturated rings. The monoisotopic (exact) mass is 277 g/mol. The van der Waals surface area contributed by atoms with Crippen LogP contribution in [0.3, 0.4) is 0 Å². The molecular formula is C15H23N3O2. The van der Waals surface area contributed by atoms with E-state index in [1.165, 1.54) is 25.8 Å². The predicted octanol–water partition coefficient (Wildman–Crippen LogP) is 2.03. The summed E-state index contributed by atoms with van der Waals surface area (Å²) in [5.41, 5.74) is 6.27. The molecule has 1 aliphatic heterocycles. The van der Waals surface area contributed by atoms with Crippen LogP contribution in [0.15, 0.2) is 29.4 Å². The van der Waals surface area contributed by atoms with E-state index in [1.54, 1.807) is 6.07 Å². The smallest absolute Gasteiger partial charge is 0.173 e. The number of hydrogen-bond acceptors (Lipinski definition) is 4. The van der Waals surface area contributed by atoms with Gasteiger partial charge in [0, 0.05) is 6.04 Å². The van der Waals surface area contributed by atoms with Crippen molar-refractivity contribution in [3.8, 4) is 5.75 Å². The second-order valence-corrected chi connectivity index (χ2v) is 5.25. The second-order valence-electron chi connectivity index (χ2n) is 5.25. The third-order valence-corrected chi connectivity index (χ3v) is 3.90. The van der Waals surface area contributed by atoms with E-state index in [2.05, 4.69) is 17.1 Å². The zero-order chi connectivity index (χ0) is 14.4. The second kappa shape index (κ2) is 7.14. The van der Waals surface area contributed by atoms with Crippen LogP contribution in [0.25, 0.3) is 0 Å². The van der Waals surface area contributed by atoms with Crippen LogP contribution in [-0.2, 0) is 0 Å². The van der Waals surface area contributed by atoms with Crippen LogP contribution < -0.4 is 10.5 Å². The summed E-state index contributed by atoms with van der Waals surface area (Å²) >= 11 is 0. The molecule has 0 spiro atoms. The first kappa shape index (κ1) is 14.7. The molecule has 0 bridgehead atoms. The summed E-state index contributed by atoms with van der Waals surface area (Å²) < 4.78 is 5.81. The summed E-state index contributed by atoms with van der Waals surface area (Å²) in [5.74, 6) is 0.747. The van der Waals surface area contributed by atoms with Gasteiger partial charge < -0.3 is 20.6 Å². The molecule has 110 valence electrons. The Morgan fingerprint density at radius 1 is 1.45 bits per heavy atom. The molecule has 2 rings (SSSR count). The first-order valence-electron chi connectivity index (χ1n) is 7.12. The van der Waals surface area contributed by atoms with Crippen LogP contribution in [0, 0.1) is 0 Å².